The predicted molar refractivity (Wildman–Crippen MR) is 92.2 cm³/mol. The fourth-order valence-corrected chi connectivity index (χ4v) is 2.64. The Hall–Kier alpha value is 0.196. The number of carbonyl (C=O) groups is 1. The fourth-order valence-electron chi connectivity index (χ4n) is 2.64. The van der Waals surface area contributed by atoms with E-state index in [9.17, 15) is 9.90 Å². The molecule has 0 aromatic heterocycles. The summed E-state index contributed by atoms with van der Waals surface area (Å²) in [5.74, 6) is -0.903. The Labute approximate surface area is 154 Å². The number of carbonyl (C=O) groups excluding carboxylic acids is 1. The van der Waals surface area contributed by atoms with E-state index in [1.54, 1.807) is 0 Å². The average Bonchev–Trinajstić information content (AvgIpc) is 2.43. The summed E-state index contributed by atoms with van der Waals surface area (Å²) in [6.07, 6.45) is 19.9. The smallest absolute Gasteiger partial charge is 0.870 e. The molecule has 0 aliphatic carbocycles. The number of hydrogen-bond acceptors (Lipinski definition) is 3. The van der Waals surface area contributed by atoms with Crippen molar-refractivity contribution in [1.29, 1.82) is 0 Å². The van der Waals surface area contributed by atoms with Crippen molar-refractivity contribution in [2.45, 2.75) is 110 Å². The van der Waals surface area contributed by atoms with E-state index in [0.717, 1.165) is 12.8 Å². The molecule has 0 saturated heterocycles. The minimum absolute atomic E-state index is 0. The van der Waals surface area contributed by atoms with Gasteiger partial charge in [-0.15, -0.1) is 0 Å². The second kappa shape index (κ2) is 23.5. The standard InChI is InChI=1S/C18H36O2.Mg.H2O/c1-2-3-4-5-6-7-8-9-10-11-12-13-14-15-16-17-18(19)20;;/h2-17H2,1H3,(H,19,20);;1H2/q;+2;/p-2. The molecule has 22 heavy (non-hydrogen) atoms. The molecule has 0 unspecified atom stereocenters. The van der Waals surface area contributed by atoms with E-state index in [1.165, 1.54) is 83.5 Å². The molecule has 0 amide bonds. The van der Waals surface area contributed by atoms with Crippen molar-refractivity contribution in [3.8, 4) is 0 Å². The van der Waals surface area contributed by atoms with E-state index in [0.29, 0.717) is 0 Å². The van der Waals surface area contributed by atoms with Crippen LogP contribution in [-0.2, 0) is 4.79 Å². The van der Waals surface area contributed by atoms with E-state index >= 15 is 0 Å². The maximum Gasteiger partial charge on any atom is 2.00 e. The van der Waals surface area contributed by atoms with Crippen molar-refractivity contribution in [3.05, 3.63) is 0 Å². The van der Waals surface area contributed by atoms with Gasteiger partial charge >= 0.3 is 23.1 Å². The maximum atomic E-state index is 10.2. The summed E-state index contributed by atoms with van der Waals surface area (Å²) in [4.78, 5) is 10.2. The zero-order chi connectivity index (χ0) is 14.9. The van der Waals surface area contributed by atoms with Crippen LogP contribution in [0.4, 0.5) is 0 Å². The summed E-state index contributed by atoms with van der Waals surface area (Å²) in [7, 11) is 0. The van der Waals surface area contributed by atoms with E-state index in [1.807, 2.05) is 0 Å². The minimum atomic E-state index is -0.903. The van der Waals surface area contributed by atoms with Gasteiger partial charge in [-0.25, -0.2) is 0 Å². The van der Waals surface area contributed by atoms with Crippen LogP contribution < -0.4 is 5.11 Å². The number of carboxylic acids is 1. The van der Waals surface area contributed by atoms with Gasteiger partial charge in [0.15, 0.2) is 0 Å². The molecule has 0 aliphatic rings. The Morgan fingerprint density at radius 3 is 1.18 bits per heavy atom. The van der Waals surface area contributed by atoms with E-state index in [4.69, 9.17) is 0 Å². The van der Waals surface area contributed by atoms with Gasteiger partial charge in [-0.1, -0.05) is 96.8 Å². The number of unbranched alkanes of at least 4 members (excludes halogenated alkanes) is 14. The number of aliphatic carboxylic acids is 1. The van der Waals surface area contributed by atoms with Gasteiger partial charge in [-0.3, -0.25) is 0 Å². The second-order valence-corrected chi connectivity index (χ2v) is 6.07. The second-order valence-electron chi connectivity index (χ2n) is 6.07. The zero-order valence-electron chi connectivity index (χ0n) is 14.8. The van der Waals surface area contributed by atoms with E-state index < -0.39 is 5.97 Å². The maximum absolute atomic E-state index is 10.2. The first-order chi connectivity index (χ1) is 9.77. The zero-order valence-corrected chi connectivity index (χ0v) is 16.2. The molecule has 4 heteroatoms. The monoisotopic (exact) mass is 324 g/mol. The Kier molecular flexibility index (Phi) is 28.9. The van der Waals surface area contributed by atoms with E-state index in [-0.39, 0.29) is 34.9 Å². The molecule has 0 fully saturated rings. The third kappa shape index (κ3) is 25.2. The van der Waals surface area contributed by atoms with Gasteiger partial charge in [0.2, 0.25) is 0 Å². The van der Waals surface area contributed by atoms with Gasteiger partial charge in [0, 0.05) is 5.97 Å². The Bertz CT molecular complexity index is 211. The first kappa shape index (κ1) is 27.1. The fraction of sp³-hybridized carbons (Fsp3) is 0.944. The van der Waals surface area contributed by atoms with Crippen LogP contribution in [0.1, 0.15) is 110 Å². The average molecular weight is 325 g/mol. The van der Waals surface area contributed by atoms with Crippen LogP contribution in [0.25, 0.3) is 0 Å². The molecule has 0 spiro atoms. The van der Waals surface area contributed by atoms with Crippen molar-refractivity contribution in [2.24, 2.45) is 0 Å². The number of rotatable bonds is 16. The molecule has 128 valence electrons. The molecular formula is C18H36MgO3. The van der Waals surface area contributed by atoms with Crippen LogP contribution >= 0.6 is 0 Å². The molecule has 1 N–H and O–H groups in total. The first-order valence-corrected chi connectivity index (χ1v) is 8.97. The minimum Gasteiger partial charge on any atom is -0.870 e. The predicted octanol–water partition coefficient (Wildman–Crippen LogP) is 4.44. The van der Waals surface area contributed by atoms with Crippen molar-refractivity contribution in [2.75, 3.05) is 0 Å². The number of hydrogen-bond donors (Lipinski definition) is 0. The summed E-state index contributed by atoms with van der Waals surface area (Å²) in [5, 5.41) is 10.2. The third-order valence-corrected chi connectivity index (χ3v) is 3.98. The van der Waals surface area contributed by atoms with Gasteiger partial charge in [0.25, 0.3) is 0 Å². The number of carboxylic acid groups (broad SMARTS) is 1. The van der Waals surface area contributed by atoms with E-state index in [2.05, 4.69) is 6.92 Å². The van der Waals surface area contributed by atoms with Crippen LogP contribution in [0.15, 0.2) is 0 Å². The summed E-state index contributed by atoms with van der Waals surface area (Å²) in [6.45, 7) is 2.27. The molecule has 0 aromatic rings. The van der Waals surface area contributed by atoms with Gasteiger partial charge in [-0.2, -0.15) is 0 Å². The van der Waals surface area contributed by atoms with Gasteiger partial charge in [0.05, 0.1) is 0 Å². The molecule has 0 rings (SSSR count). The van der Waals surface area contributed by atoms with Crippen LogP contribution in [0.2, 0.25) is 0 Å². The molecule has 0 atom stereocenters. The van der Waals surface area contributed by atoms with Crippen LogP contribution in [0.3, 0.4) is 0 Å². The SMILES string of the molecule is CCCCCCCCCCCCCCCCCC(=O)[O-].[Mg+2].[OH-]. The van der Waals surface area contributed by atoms with Crippen molar-refractivity contribution < 1.29 is 15.4 Å². The molecule has 0 heterocycles. The summed E-state index contributed by atoms with van der Waals surface area (Å²) < 4.78 is 0. The molecule has 0 aliphatic heterocycles. The topological polar surface area (TPSA) is 70.1 Å². The summed E-state index contributed by atoms with van der Waals surface area (Å²) in [6, 6.07) is 0. The molecule has 0 aromatic carbocycles. The molecule has 0 saturated carbocycles. The Morgan fingerprint density at radius 2 is 0.909 bits per heavy atom. The Balaban J connectivity index is -0.00000180. The van der Waals surface area contributed by atoms with Crippen LogP contribution in [0.5, 0.6) is 0 Å². The molecule has 0 bridgehead atoms. The van der Waals surface area contributed by atoms with Crippen molar-refractivity contribution in [3.63, 3.8) is 0 Å². The summed E-state index contributed by atoms with van der Waals surface area (Å²) >= 11 is 0. The largest absolute Gasteiger partial charge is 2.00 e. The first-order valence-electron chi connectivity index (χ1n) is 8.97. The molecule has 0 radical (unpaired) electrons. The Morgan fingerprint density at radius 1 is 0.636 bits per heavy atom. The summed E-state index contributed by atoms with van der Waals surface area (Å²) in [5.41, 5.74) is 0. The molecule has 3 nitrogen and oxygen atoms in total. The van der Waals surface area contributed by atoms with Gasteiger partial charge in [-0.05, 0) is 12.8 Å². The third-order valence-electron chi connectivity index (χ3n) is 3.98. The van der Waals surface area contributed by atoms with Gasteiger partial charge in [0.1, 0.15) is 0 Å². The van der Waals surface area contributed by atoms with Crippen molar-refractivity contribution in [1.82, 2.24) is 0 Å². The normalized spacial score (nSPS) is 9.86. The van der Waals surface area contributed by atoms with Gasteiger partial charge < -0.3 is 15.4 Å². The van der Waals surface area contributed by atoms with Crippen LogP contribution in [-0.4, -0.2) is 34.5 Å². The quantitative estimate of drug-likeness (QED) is 0.311. The van der Waals surface area contributed by atoms with Crippen LogP contribution in [0, 0.1) is 0 Å². The molecular weight excluding hydrogens is 288 g/mol. The van der Waals surface area contributed by atoms with Crippen molar-refractivity contribution >= 4 is 29.0 Å².